The number of para-hydroxylation sites is 1. The zero-order chi connectivity index (χ0) is 13.5. The van der Waals surface area contributed by atoms with E-state index in [1.165, 1.54) is 6.07 Å². The van der Waals surface area contributed by atoms with E-state index in [-0.39, 0.29) is 12.4 Å². The van der Waals surface area contributed by atoms with Crippen LogP contribution in [0.25, 0.3) is 0 Å². The summed E-state index contributed by atoms with van der Waals surface area (Å²) in [5.41, 5.74) is 5.66. The minimum atomic E-state index is -0.626. The van der Waals surface area contributed by atoms with Gasteiger partial charge in [0.15, 0.2) is 18.2 Å². The summed E-state index contributed by atoms with van der Waals surface area (Å²) in [5, 5.41) is 3.19. The third kappa shape index (κ3) is 4.71. The summed E-state index contributed by atoms with van der Waals surface area (Å²) < 4.78 is 18.7. The van der Waals surface area contributed by atoms with E-state index in [9.17, 15) is 9.18 Å². The number of carbonyl (C=O) groups is 1. The minimum Gasteiger partial charge on any atom is -0.480 e. The lowest BCUT2D eigenvalue weighted by Gasteiger charge is -2.13. The number of ether oxygens (including phenoxy) is 1. The number of hydrogen-bond donors (Lipinski definition) is 2. The first-order chi connectivity index (χ1) is 8.50. The molecule has 1 aromatic carbocycles. The summed E-state index contributed by atoms with van der Waals surface area (Å²) in [5.74, 6) is -0.513. The Kier molecular flexibility index (Phi) is 5.58. The highest BCUT2D eigenvalue weighted by Crippen LogP contribution is 2.22. The molecule has 0 aliphatic carbocycles. The first-order valence-electron chi connectivity index (χ1n) is 5.90. The average Bonchev–Trinajstić information content (AvgIpc) is 2.27. The maximum Gasteiger partial charge on any atom is 0.255 e. The molecule has 0 aliphatic heterocycles. The van der Waals surface area contributed by atoms with Gasteiger partial charge in [-0.25, -0.2) is 4.39 Å². The van der Waals surface area contributed by atoms with Crippen molar-refractivity contribution in [2.45, 2.75) is 20.4 Å². The molecule has 0 atom stereocenters. The number of halogens is 1. The minimum absolute atomic E-state index is 0.0903. The third-order valence-electron chi connectivity index (χ3n) is 2.28. The van der Waals surface area contributed by atoms with E-state index in [2.05, 4.69) is 19.2 Å². The van der Waals surface area contributed by atoms with Crippen molar-refractivity contribution >= 4 is 5.91 Å². The van der Waals surface area contributed by atoms with Gasteiger partial charge in [-0.05, 0) is 18.5 Å². The zero-order valence-electron chi connectivity index (χ0n) is 10.7. The number of benzene rings is 1. The predicted molar refractivity (Wildman–Crippen MR) is 67.6 cm³/mol. The molecular formula is C13H19FN2O2. The summed E-state index contributed by atoms with van der Waals surface area (Å²) >= 11 is 0. The predicted octanol–water partition coefficient (Wildman–Crippen LogP) is 1.44. The number of nitrogens with one attached hydrogen (secondary N) is 1. The molecule has 0 unspecified atom stereocenters. The molecule has 3 N–H and O–H groups in total. The smallest absolute Gasteiger partial charge is 0.255 e. The second kappa shape index (κ2) is 6.96. The van der Waals surface area contributed by atoms with Crippen molar-refractivity contribution < 1.29 is 13.9 Å². The van der Waals surface area contributed by atoms with Crippen molar-refractivity contribution in [3.8, 4) is 5.75 Å². The van der Waals surface area contributed by atoms with Crippen LogP contribution in [0.3, 0.4) is 0 Å². The van der Waals surface area contributed by atoms with Crippen molar-refractivity contribution in [1.82, 2.24) is 5.32 Å². The van der Waals surface area contributed by atoms with Gasteiger partial charge < -0.3 is 15.8 Å². The van der Waals surface area contributed by atoms with Gasteiger partial charge in [0.2, 0.25) is 0 Å². The van der Waals surface area contributed by atoms with Crippen LogP contribution in [0.4, 0.5) is 4.39 Å². The fourth-order valence-electron chi connectivity index (χ4n) is 1.49. The lowest BCUT2D eigenvalue weighted by Crippen LogP contribution is -2.22. The van der Waals surface area contributed by atoms with E-state index in [4.69, 9.17) is 10.5 Å². The van der Waals surface area contributed by atoms with Crippen molar-refractivity contribution in [2.75, 3.05) is 13.2 Å². The fraction of sp³-hybridized carbons (Fsp3) is 0.462. The second-order valence-corrected chi connectivity index (χ2v) is 4.51. The van der Waals surface area contributed by atoms with Gasteiger partial charge in [0.1, 0.15) is 0 Å². The molecule has 1 amide bonds. The number of primary amides is 1. The van der Waals surface area contributed by atoms with Gasteiger partial charge in [0.05, 0.1) is 0 Å². The SMILES string of the molecule is CC(C)CNCc1cccc(F)c1OCC(N)=O. The maximum atomic E-state index is 13.6. The third-order valence-corrected chi connectivity index (χ3v) is 2.28. The highest BCUT2D eigenvalue weighted by Gasteiger charge is 2.10. The van der Waals surface area contributed by atoms with Crippen molar-refractivity contribution in [1.29, 1.82) is 0 Å². The lowest BCUT2D eigenvalue weighted by atomic mass is 10.1. The van der Waals surface area contributed by atoms with Crippen LogP contribution in [0, 0.1) is 11.7 Å². The highest BCUT2D eigenvalue weighted by molar-refractivity contribution is 5.75. The summed E-state index contributed by atoms with van der Waals surface area (Å²) in [6.45, 7) is 5.17. The van der Waals surface area contributed by atoms with Gasteiger partial charge in [0.25, 0.3) is 5.91 Å². The lowest BCUT2D eigenvalue weighted by molar-refractivity contribution is -0.120. The molecule has 5 heteroatoms. The van der Waals surface area contributed by atoms with Crippen LogP contribution in [0.2, 0.25) is 0 Å². The van der Waals surface area contributed by atoms with E-state index in [1.807, 2.05) is 0 Å². The van der Waals surface area contributed by atoms with Gasteiger partial charge in [-0.2, -0.15) is 0 Å². The summed E-state index contributed by atoms with van der Waals surface area (Å²) in [7, 11) is 0. The van der Waals surface area contributed by atoms with Gasteiger partial charge in [-0.1, -0.05) is 26.0 Å². The van der Waals surface area contributed by atoms with E-state index in [0.29, 0.717) is 18.0 Å². The normalized spacial score (nSPS) is 10.7. The molecule has 1 rings (SSSR count). The maximum absolute atomic E-state index is 13.6. The molecule has 0 radical (unpaired) electrons. The molecule has 0 saturated heterocycles. The molecule has 0 aromatic heterocycles. The molecule has 0 saturated carbocycles. The van der Waals surface area contributed by atoms with E-state index >= 15 is 0 Å². The molecule has 4 nitrogen and oxygen atoms in total. The Morgan fingerprint density at radius 3 is 2.83 bits per heavy atom. The van der Waals surface area contributed by atoms with E-state index in [0.717, 1.165) is 6.54 Å². The van der Waals surface area contributed by atoms with Crippen LogP contribution in [0.15, 0.2) is 18.2 Å². The highest BCUT2D eigenvalue weighted by atomic mass is 19.1. The van der Waals surface area contributed by atoms with Crippen LogP contribution >= 0.6 is 0 Å². The molecular weight excluding hydrogens is 235 g/mol. The molecule has 0 spiro atoms. The van der Waals surface area contributed by atoms with Crippen LogP contribution < -0.4 is 15.8 Å². The Hall–Kier alpha value is -1.62. The van der Waals surface area contributed by atoms with Crippen molar-refractivity contribution in [3.63, 3.8) is 0 Å². The number of nitrogens with two attached hydrogens (primary N) is 1. The molecule has 0 heterocycles. The van der Waals surface area contributed by atoms with Crippen LogP contribution in [0.1, 0.15) is 19.4 Å². The van der Waals surface area contributed by atoms with Crippen LogP contribution in [0.5, 0.6) is 5.75 Å². The van der Waals surface area contributed by atoms with Crippen LogP contribution in [-0.2, 0) is 11.3 Å². The summed E-state index contributed by atoms with van der Waals surface area (Å²) in [6.07, 6.45) is 0. The molecule has 1 aromatic rings. The van der Waals surface area contributed by atoms with Crippen LogP contribution in [-0.4, -0.2) is 19.1 Å². The molecule has 0 aliphatic rings. The summed E-state index contributed by atoms with van der Waals surface area (Å²) in [4.78, 5) is 10.7. The largest absolute Gasteiger partial charge is 0.480 e. The Labute approximate surface area is 106 Å². The Morgan fingerprint density at radius 1 is 1.50 bits per heavy atom. The standard InChI is InChI=1S/C13H19FN2O2/c1-9(2)6-16-7-10-4-3-5-11(14)13(10)18-8-12(15)17/h3-5,9,16H,6-8H2,1-2H3,(H2,15,17). The first-order valence-corrected chi connectivity index (χ1v) is 5.90. The Balaban J connectivity index is 2.70. The zero-order valence-corrected chi connectivity index (χ0v) is 10.7. The Morgan fingerprint density at radius 2 is 2.22 bits per heavy atom. The number of hydrogen-bond acceptors (Lipinski definition) is 3. The average molecular weight is 254 g/mol. The number of rotatable bonds is 7. The molecule has 18 heavy (non-hydrogen) atoms. The van der Waals surface area contributed by atoms with Crippen molar-refractivity contribution in [3.05, 3.63) is 29.6 Å². The molecule has 0 fully saturated rings. The van der Waals surface area contributed by atoms with Gasteiger partial charge in [-0.15, -0.1) is 0 Å². The second-order valence-electron chi connectivity index (χ2n) is 4.51. The fourth-order valence-corrected chi connectivity index (χ4v) is 1.49. The Bertz CT molecular complexity index is 408. The topological polar surface area (TPSA) is 64.3 Å². The van der Waals surface area contributed by atoms with E-state index in [1.54, 1.807) is 12.1 Å². The number of carbonyl (C=O) groups excluding carboxylic acids is 1. The first kappa shape index (κ1) is 14.4. The van der Waals surface area contributed by atoms with E-state index < -0.39 is 11.7 Å². The molecule has 100 valence electrons. The monoisotopic (exact) mass is 254 g/mol. The van der Waals surface area contributed by atoms with Gasteiger partial charge in [0, 0.05) is 12.1 Å². The number of amides is 1. The quantitative estimate of drug-likeness (QED) is 0.773. The van der Waals surface area contributed by atoms with Gasteiger partial charge in [-0.3, -0.25) is 4.79 Å². The summed E-state index contributed by atoms with van der Waals surface area (Å²) in [6, 6.07) is 4.66. The van der Waals surface area contributed by atoms with Crippen molar-refractivity contribution in [2.24, 2.45) is 11.7 Å². The van der Waals surface area contributed by atoms with Gasteiger partial charge >= 0.3 is 0 Å². The molecule has 0 bridgehead atoms.